The largest absolute Gasteiger partial charge is 0.496 e. The number of rotatable bonds is 6. The Labute approximate surface area is 117 Å². The standard InChI is InChI=1S/C16H28N2O/c1-16(2,3)14-11-13(7-8-15(14)19-5)12-18(4)10-6-9-17/h7-8,11H,6,9-10,12,17H2,1-5H3. The van der Waals surface area contributed by atoms with E-state index in [2.05, 4.69) is 50.9 Å². The molecule has 0 saturated carbocycles. The summed E-state index contributed by atoms with van der Waals surface area (Å²) in [6.07, 6.45) is 1.04. The van der Waals surface area contributed by atoms with Gasteiger partial charge in [0.25, 0.3) is 0 Å². The summed E-state index contributed by atoms with van der Waals surface area (Å²) in [4.78, 5) is 2.31. The Morgan fingerprint density at radius 1 is 1.26 bits per heavy atom. The van der Waals surface area contributed by atoms with Crippen molar-refractivity contribution in [3.05, 3.63) is 29.3 Å². The summed E-state index contributed by atoms with van der Waals surface area (Å²) in [7, 11) is 3.87. The van der Waals surface area contributed by atoms with Crippen LogP contribution in [0.1, 0.15) is 38.3 Å². The highest BCUT2D eigenvalue weighted by Crippen LogP contribution is 2.32. The maximum atomic E-state index is 5.55. The van der Waals surface area contributed by atoms with Crippen LogP contribution in [0.5, 0.6) is 5.75 Å². The second kappa shape index (κ2) is 6.92. The SMILES string of the molecule is COc1ccc(CN(C)CCCN)cc1C(C)(C)C. The van der Waals surface area contributed by atoms with Gasteiger partial charge in [-0.2, -0.15) is 0 Å². The average Bonchev–Trinajstić information content (AvgIpc) is 2.35. The summed E-state index contributed by atoms with van der Waals surface area (Å²) >= 11 is 0. The number of hydrogen-bond donors (Lipinski definition) is 1. The third kappa shape index (κ3) is 4.84. The highest BCUT2D eigenvalue weighted by molar-refractivity contribution is 5.41. The van der Waals surface area contributed by atoms with Gasteiger partial charge in [0, 0.05) is 6.54 Å². The summed E-state index contributed by atoms with van der Waals surface area (Å²) in [6, 6.07) is 6.48. The van der Waals surface area contributed by atoms with Gasteiger partial charge >= 0.3 is 0 Å². The van der Waals surface area contributed by atoms with Gasteiger partial charge in [0.2, 0.25) is 0 Å². The van der Waals surface area contributed by atoms with Gasteiger partial charge in [-0.15, -0.1) is 0 Å². The van der Waals surface area contributed by atoms with E-state index in [9.17, 15) is 0 Å². The predicted octanol–water partition coefficient (Wildman–Crippen LogP) is 2.77. The van der Waals surface area contributed by atoms with Gasteiger partial charge in [-0.3, -0.25) is 0 Å². The minimum absolute atomic E-state index is 0.0944. The Kier molecular flexibility index (Phi) is 5.83. The summed E-state index contributed by atoms with van der Waals surface area (Å²) in [5, 5.41) is 0. The van der Waals surface area contributed by atoms with Crippen LogP contribution in [-0.4, -0.2) is 32.1 Å². The molecular weight excluding hydrogens is 236 g/mol. The molecule has 0 amide bonds. The van der Waals surface area contributed by atoms with E-state index in [1.165, 1.54) is 11.1 Å². The molecule has 0 bridgehead atoms. The molecule has 3 nitrogen and oxygen atoms in total. The van der Waals surface area contributed by atoms with Crippen LogP contribution >= 0.6 is 0 Å². The third-order valence-corrected chi connectivity index (χ3v) is 3.27. The van der Waals surface area contributed by atoms with Gasteiger partial charge in [-0.25, -0.2) is 0 Å². The Morgan fingerprint density at radius 3 is 2.47 bits per heavy atom. The van der Waals surface area contributed by atoms with Crippen molar-refractivity contribution in [3.63, 3.8) is 0 Å². The summed E-state index contributed by atoms with van der Waals surface area (Å²) in [5.41, 5.74) is 8.23. The van der Waals surface area contributed by atoms with Gasteiger partial charge in [0.05, 0.1) is 7.11 Å². The minimum atomic E-state index is 0.0944. The zero-order valence-corrected chi connectivity index (χ0v) is 13.0. The first-order chi connectivity index (χ1) is 8.88. The quantitative estimate of drug-likeness (QED) is 0.858. The molecule has 3 heteroatoms. The number of nitrogens with two attached hydrogens (primary N) is 1. The van der Waals surface area contributed by atoms with Gasteiger partial charge in [-0.1, -0.05) is 32.9 Å². The van der Waals surface area contributed by atoms with E-state index >= 15 is 0 Å². The van der Waals surface area contributed by atoms with Gasteiger partial charge < -0.3 is 15.4 Å². The van der Waals surface area contributed by atoms with E-state index in [0.29, 0.717) is 0 Å². The molecule has 0 heterocycles. The molecule has 0 aliphatic carbocycles. The second-order valence-corrected chi connectivity index (χ2v) is 6.16. The van der Waals surface area contributed by atoms with E-state index < -0.39 is 0 Å². The Balaban J connectivity index is 2.86. The Hall–Kier alpha value is -1.06. The van der Waals surface area contributed by atoms with Crippen molar-refractivity contribution >= 4 is 0 Å². The fourth-order valence-corrected chi connectivity index (χ4v) is 2.19. The molecule has 0 saturated heterocycles. The smallest absolute Gasteiger partial charge is 0.122 e. The lowest BCUT2D eigenvalue weighted by atomic mass is 9.85. The fraction of sp³-hybridized carbons (Fsp3) is 0.625. The molecule has 0 unspecified atom stereocenters. The van der Waals surface area contributed by atoms with Gasteiger partial charge in [-0.05, 0) is 49.2 Å². The molecule has 19 heavy (non-hydrogen) atoms. The summed E-state index contributed by atoms with van der Waals surface area (Å²) in [6.45, 7) is 9.38. The van der Waals surface area contributed by atoms with Crippen molar-refractivity contribution in [2.24, 2.45) is 5.73 Å². The maximum Gasteiger partial charge on any atom is 0.122 e. The molecule has 0 radical (unpaired) electrons. The van der Waals surface area contributed by atoms with Crippen LogP contribution in [-0.2, 0) is 12.0 Å². The van der Waals surface area contributed by atoms with Crippen molar-refractivity contribution in [3.8, 4) is 5.75 Å². The highest BCUT2D eigenvalue weighted by atomic mass is 16.5. The Morgan fingerprint density at radius 2 is 1.95 bits per heavy atom. The van der Waals surface area contributed by atoms with Gasteiger partial charge in [0.15, 0.2) is 0 Å². The van der Waals surface area contributed by atoms with Crippen LogP contribution in [0.2, 0.25) is 0 Å². The molecule has 0 atom stereocenters. The van der Waals surface area contributed by atoms with Crippen LogP contribution in [0.3, 0.4) is 0 Å². The van der Waals surface area contributed by atoms with Crippen molar-refractivity contribution in [2.45, 2.75) is 39.2 Å². The first kappa shape index (κ1) is 16.0. The van der Waals surface area contributed by atoms with Crippen molar-refractivity contribution < 1.29 is 4.74 Å². The van der Waals surface area contributed by atoms with Crippen LogP contribution in [0, 0.1) is 0 Å². The lowest BCUT2D eigenvalue weighted by molar-refractivity contribution is 0.323. The molecular formula is C16H28N2O. The molecule has 1 aromatic rings. The maximum absolute atomic E-state index is 5.55. The lowest BCUT2D eigenvalue weighted by Gasteiger charge is -2.24. The lowest BCUT2D eigenvalue weighted by Crippen LogP contribution is -2.22. The third-order valence-electron chi connectivity index (χ3n) is 3.27. The summed E-state index contributed by atoms with van der Waals surface area (Å²) in [5.74, 6) is 0.973. The second-order valence-electron chi connectivity index (χ2n) is 6.16. The molecule has 0 spiro atoms. The van der Waals surface area contributed by atoms with E-state index in [0.717, 1.165) is 31.8 Å². The zero-order valence-electron chi connectivity index (χ0n) is 13.0. The highest BCUT2D eigenvalue weighted by Gasteiger charge is 2.19. The molecule has 0 aliphatic rings. The average molecular weight is 264 g/mol. The van der Waals surface area contributed by atoms with Crippen molar-refractivity contribution in [1.29, 1.82) is 0 Å². The van der Waals surface area contributed by atoms with Crippen LogP contribution in [0.15, 0.2) is 18.2 Å². The van der Waals surface area contributed by atoms with E-state index in [1.54, 1.807) is 7.11 Å². The minimum Gasteiger partial charge on any atom is -0.496 e. The number of benzene rings is 1. The molecule has 1 rings (SSSR count). The monoisotopic (exact) mass is 264 g/mol. The number of nitrogens with zero attached hydrogens (tertiary/aromatic N) is 1. The number of methoxy groups -OCH3 is 1. The van der Waals surface area contributed by atoms with Crippen molar-refractivity contribution in [1.82, 2.24) is 4.90 Å². The first-order valence-corrected chi connectivity index (χ1v) is 6.94. The van der Waals surface area contributed by atoms with E-state index in [1.807, 2.05) is 0 Å². The first-order valence-electron chi connectivity index (χ1n) is 6.94. The number of hydrogen-bond acceptors (Lipinski definition) is 3. The molecule has 1 aromatic carbocycles. The van der Waals surface area contributed by atoms with Gasteiger partial charge in [0.1, 0.15) is 5.75 Å². The normalized spacial score (nSPS) is 11.9. The number of ether oxygens (including phenoxy) is 1. The Bertz CT molecular complexity index is 396. The van der Waals surface area contributed by atoms with Crippen molar-refractivity contribution in [2.75, 3.05) is 27.2 Å². The zero-order chi connectivity index (χ0) is 14.5. The topological polar surface area (TPSA) is 38.5 Å². The van der Waals surface area contributed by atoms with Crippen LogP contribution in [0.4, 0.5) is 0 Å². The summed E-state index contributed by atoms with van der Waals surface area (Å²) < 4.78 is 5.47. The van der Waals surface area contributed by atoms with E-state index in [-0.39, 0.29) is 5.41 Å². The van der Waals surface area contributed by atoms with Crippen LogP contribution in [0.25, 0.3) is 0 Å². The van der Waals surface area contributed by atoms with Crippen LogP contribution < -0.4 is 10.5 Å². The molecule has 0 fully saturated rings. The molecule has 0 aromatic heterocycles. The molecule has 2 N–H and O–H groups in total. The fourth-order valence-electron chi connectivity index (χ4n) is 2.19. The van der Waals surface area contributed by atoms with E-state index in [4.69, 9.17) is 10.5 Å². The molecule has 0 aliphatic heterocycles. The predicted molar refractivity (Wildman–Crippen MR) is 81.7 cm³/mol. The molecule has 108 valence electrons.